The van der Waals surface area contributed by atoms with Crippen LogP contribution >= 0.6 is 0 Å². The molecule has 0 bridgehead atoms. The molecule has 0 heterocycles. The van der Waals surface area contributed by atoms with Gasteiger partial charge in [-0.05, 0) is 13.0 Å². The molecule has 1 amide bonds. The standard InChI is InChI=1S/C6H10N2O/c1-3-4-6(7-2)8-5-9/h3-5H,1-2H3,(H,7,8,9)/b4-3-. The highest BCUT2D eigenvalue weighted by atomic mass is 16.1. The van der Waals surface area contributed by atoms with Gasteiger partial charge in [-0.3, -0.25) is 9.79 Å². The molecule has 0 saturated heterocycles. The van der Waals surface area contributed by atoms with E-state index in [2.05, 4.69) is 10.3 Å². The van der Waals surface area contributed by atoms with E-state index in [0.29, 0.717) is 12.2 Å². The highest BCUT2D eigenvalue weighted by Crippen LogP contribution is 1.73. The van der Waals surface area contributed by atoms with Crippen molar-refractivity contribution in [1.29, 1.82) is 0 Å². The maximum atomic E-state index is 9.82. The van der Waals surface area contributed by atoms with Crippen LogP contribution in [0.15, 0.2) is 17.1 Å². The fourth-order valence-corrected chi connectivity index (χ4v) is 0.405. The lowest BCUT2D eigenvalue weighted by molar-refractivity contribution is -0.108. The molecule has 0 spiro atoms. The second kappa shape index (κ2) is 5.03. The van der Waals surface area contributed by atoms with Crippen LogP contribution < -0.4 is 5.32 Å². The van der Waals surface area contributed by atoms with Gasteiger partial charge in [-0.1, -0.05) is 6.08 Å². The van der Waals surface area contributed by atoms with Crippen molar-refractivity contribution in [1.82, 2.24) is 5.32 Å². The Morgan fingerprint density at radius 2 is 2.33 bits per heavy atom. The summed E-state index contributed by atoms with van der Waals surface area (Å²) in [4.78, 5) is 13.6. The van der Waals surface area contributed by atoms with E-state index >= 15 is 0 Å². The van der Waals surface area contributed by atoms with Crippen LogP contribution in [0.3, 0.4) is 0 Å². The van der Waals surface area contributed by atoms with Gasteiger partial charge in [-0.2, -0.15) is 0 Å². The quantitative estimate of drug-likeness (QED) is 0.323. The van der Waals surface area contributed by atoms with Gasteiger partial charge in [0.25, 0.3) is 0 Å². The summed E-state index contributed by atoms with van der Waals surface area (Å²) in [6.07, 6.45) is 4.12. The van der Waals surface area contributed by atoms with Crippen LogP contribution in [0.25, 0.3) is 0 Å². The first-order valence-electron chi connectivity index (χ1n) is 2.64. The molecular formula is C6H10N2O. The summed E-state index contributed by atoms with van der Waals surface area (Å²) < 4.78 is 0. The van der Waals surface area contributed by atoms with Crippen molar-refractivity contribution in [2.24, 2.45) is 4.99 Å². The normalized spacial score (nSPS) is 12.0. The lowest BCUT2D eigenvalue weighted by Crippen LogP contribution is -2.18. The van der Waals surface area contributed by atoms with E-state index in [1.165, 1.54) is 0 Å². The van der Waals surface area contributed by atoms with E-state index < -0.39 is 0 Å². The Morgan fingerprint density at radius 3 is 2.67 bits per heavy atom. The van der Waals surface area contributed by atoms with Gasteiger partial charge >= 0.3 is 0 Å². The second-order valence-electron chi connectivity index (χ2n) is 1.37. The molecule has 0 aliphatic heterocycles. The first kappa shape index (κ1) is 7.88. The molecule has 0 atom stereocenters. The van der Waals surface area contributed by atoms with Crippen LogP contribution in [-0.2, 0) is 4.79 Å². The first-order valence-corrected chi connectivity index (χ1v) is 2.64. The largest absolute Gasteiger partial charge is 0.314 e. The SMILES string of the molecule is C/C=C\C(=NC)NC=O. The fraction of sp³-hybridized carbons (Fsp3) is 0.333. The van der Waals surface area contributed by atoms with Gasteiger partial charge in [0.05, 0.1) is 0 Å². The molecule has 0 saturated carbocycles. The monoisotopic (exact) mass is 126 g/mol. The van der Waals surface area contributed by atoms with Gasteiger partial charge < -0.3 is 5.32 Å². The number of hydrogen-bond donors (Lipinski definition) is 1. The van der Waals surface area contributed by atoms with Gasteiger partial charge in [0, 0.05) is 7.05 Å². The van der Waals surface area contributed by atoms with Crippen LogP contribution in [0.4, 0.5) is 0 Å². The molecule has 1 N–H and O–H groups in total. The maximum absolute atomic E-state index is 9.82. The average Bonchev–Trinajstić information content (AvgIpc) is 1.88. The zero-order chi connectivity index (χ0) is 7.11. The van der Waals surface area contributed by atoms with Crippen LogP contribution in [0.5, 0.6) is 0 Å². The van der Waals surface area contributed by atoms with Gasteiger partial charge in [-0.15, -0.1) is 0 Å². The summed E-state index contributed by atoms with van der Waals surface area (Å²) in [6, 6.07) is 0. The predicted molar refractivity (Wildman–Crippen MR) is 37.4 cm³/mol. The summed E-state index contributed by atoms with van der Waals surface area (Å²) in [5.41, 5.74) is 0. The average molecular weight is 126 g/mol. The summed E-state index contributed by atoms with van der Waals surface area (Å²) in [6.45, 7) is 1.86. The summed E-state index contributed by atoms with van der Waals surface area (Å²) in [5, 5.41) is 2.42. The van der Waals surface area contributed by atoms with Crippen molar-refractivity contribution in [2.45, 2.75) is 6.92 Å². The van der Waals surface area contributed by atoms with Crippen molar-refractivity contribution in [3.05, 3.63) is 12.2 Å². The number of carbonyl (C=O) groups excluding carboxylic acids is 1. The van der Waals surface area contributed by atoms with Crippen molar-refractivity contribution < 1.29 is 4.79 Å². The predicted octanol–water partition coefficient (Wildman–Crippen LogP) is 0.337. The van der Waals surface area contributed by atoms with E-state index in [1.807, 2.05) is 6.92 Å². The summed E-state index contributed by atoms with van der Waals surface area (Å²) in [5.74, 6) is 0.576. The Balaban J connectivity index is 3.84. The zero-order valence-corrected chi connectivity index (χ0v) is 5.59. The third-order valence-electron chi connectivity index (χ3n) is 0.772. The molecule has 9 heavy (non-hydrogen) atoms. The number of nitrogens with one attached hydrogen (secondary N) is 1. The Labute approximate surface area is 54.5 Å². The molecule has 0 fully saturated rings. The molecule has 50 valence electrons. The van der Waals surface area contributed by atoms with Crippen molar-refractivity contribution >= 4 is 12.2 Å². The summed E-state index contributed by atoms with van der Waals surface area (Å²) in [7, 11) is 1.62. The van der Waals surface area contributed by atoms with Crippen molar-refractivity contribution in [2.75, 3.05) is 7.05 Å². The number of hydrogen-bond acceptors (Lipinski definition) is 2. The van der Waals surface area contributed by atoms with Crippen molar-refractivity contribution in [3.63, 3.8) is 0 Å². The molecule has 0 aromatic heterocycles. The second-order valence-corrected chi connectivity index (χ2v) is 1.37. The Hall–Kier alpha value is -1.12. The van der Waals surface area contributed by atoms with E-state index in [4.69, 9.17) is 0 Å². The van der Waals surface area contributed by atoms with E-state index in [0.717, 1.165) is 0 Å². The number of carbonyl (C=O) groups is 1. The lowest BCUT2D eigenvalue weighted by atomic mass is 10.5. The molecular weight excluding hydrogens is 116 g/mol. The number of allylic oxidation sites excluding steroid dienone is 1. The first-order chi connectivity index (χ1) is 4.35. The molecule has 3 nitrogen and oxygen atoms in total. The van der Waals surface area contributed by atoms with Gasteiger partial charge in [0.15, 0.2) is 0 Å². The topological polar surface area (TPSA) is 41.5 Å². The fourth-order valence-electron chi connectivity index (χ4n) is 0.405. The van der Waals surface area contributed by atoms with Crippen LogP contribution in [-0.4, -0.2) is 19.3 Å². The molecule has 0 aromatic carbocycles. The Bertz CT molecular complexity index is 138. The van der Waals surface area contributed by atoms with Gasteiger partial charge in [-0.25, -0.2) is 0 Å². The van der Waals surface area contributed by atoms with E-state index in [-0.39, 0.29) is 0 Å². The van der Waals surface area contributed by atoms with Crippen LogP contribution in [0.1, 0.15) is 6.92 Å². The minimum absolute atomic E-state index is 0.576. The number of aliphatic imine (C=N–C) groups is 1. The number of amides is 1. The maximum Gasteiger partial charge on any atom is 0.212 e. The minimum atomic E-state index is 0.576. The van der Waals surface area contributed by atoms with E-state index in [1.54, 1.807) is 19.2 Å². The molecule has 3 heteroatoms. The highest BCUT2D eigenvalue weighted by Gasteiger charge is 1.83. The Kier molecular flexibility index (Phi) is 4.40. The van der Waals surface area contributed by atoms with Crippen molar-refractivity contribution in [3.8, 4) is 0 Å². The summed E-state index contributed by atoms with van der Waals surface area (Å²) >= 11 is 0. The number of nitrogens with zero attached hydrogens (tertiary/aromatic N) is 1. The molecule has 0 aliphatic rings. The number of rotatable bonds is 2. The molecule has 0 aliphatic carbocycles. The molecule has 0 unspecified atom stereocenters. The van der Waals surface area contributed by atoms with Crippen LogP contribution in [0, 0.1) is 0 Å². The minimum Gasteiger partial charge on any atom is -0.314 e. The zero-order valence-electron chi connectivity index (χ0n) is 5.59. The smallest absolute Gasteiger partial charge is 0.212 e. The molecule has 0 radical (unpaired) electrons. The van der Waals surface area contributed by atoms with Gasteiger partial charge in [0.2, 0.25) is 6.41 Å². The van der Waals surface area contributed by atoms with Gasteiger partial charge in [0.1, 0.15) is 5.84 Å². The van der Waals surface area contributed by atoms with Crippen LogP contribution in [0.2, 0.25) is 0 Å². The highest BCUT2D eigenvalue weighted by molar-refractivity contribution is 5.98. The number of amidine groups is 1. The van der Waals surface area contributed by atoms with E-state index in [9.17, 15) is 4.79 Å². The molecule has 0 aromatic rings. The third-order valence-corrected chi connectivity index (χ3v) is 0.772. The third kappa shape index (κ3) is 3.46. The molecule has 0 rings (SSSR count). The lowest BCUT2D eigenvalue weighted by Gasteiger charge is -1.92. The Morgan fingerprint density at radius 1 is 1.67 bits per heavy atom.